The zero-order chi connectivity index (χ0) is 18.8. The Morgan fingerprint density at radius 1 is 1.00 bits per heavy atom. The molecule has 1 saturated heterocycles. The molecular weight excluding hydrogens is 342 g/mol. The van der Waals surface area contributed by atoms with Gasteiger partial charge >= 0.3 is 0 Å². The third-order valence-corrected chi connectivity index (χ3v) is 5.70. The van der Waals surface area contributed by atoms with E-state index in [0.29, 0.717) is 23.9 Å². The summed E-state index contributed by atoms with van der Waals surface area (Å²) < 4.78 is 11.3. The number of carbonyl (C=O) groups is 1. The van der Waals surface area contributed by atoms with Crippen molar-refractivity contribution in [1.82, 2.24) is 4.90 Å². The van der Waals surface area contributed by atoms with Gasteiger partial charge in [0, 0.05) is 18.7 Å². The summed E-state index contributed by atoms with van der Waals surface area (Å²) in [7, 11) is 1.66. The van der Waals surface area contributed by atoms with Crippen LogP contribution in [-0.4, -0.2) is 48.6 Å². The number of fused-ring (bicyclic) bond motifs is 1. The van der Waals surface area contributed by atoms with E-state index in [9.17, 15) is 9.90 Å². The van der Waals surface area contributed by atoms with Gasteiger partial charge in [0.25, 0.3) is 0 Å². The number of methoxy groups -OCH3 is 1. The zero-order valence-electron chi connectivity index (χ0n) is 15.5. The third kappa shape index (κ3) is 4.08. The quantitative estimate of drug-likeness (QED) is 0.794. The Morgan fingerprint density at radius 3 is 2.19 bits per heavy atom. The highest BCUT2D eigenvalue weighted by Crippen LogP contribution is 2.39. The van der Waals surface area contributed by atoms with Crippen molar-refractivity contribution < 1.29 is 19.4 Å². The summed E-state index contributed by atoms with van der Waals surface area (Å²) in [5, 5.41) is 9.35. The van der Waals surface area contributed by atoms with Crippen LogP contribution in [0.2, 0.25) is 0 Å². The fraction of sp³-hybridized carbons (Fsp3) is 0.409. The number of ketones is 1. The van der Waals surface area contributed by atoms with E-state index < -0.39 is 0 Å². The minimum atomic E-state index is 0.112. The van der Waals surface area contributed by atoms with Crippen molar-refractivity contribution in [3.63, 3.8) is 0 Å². The second-order valence-electron chi connectivity index (χ2n) is 7.57. The number of carbonyl (C=O) groups excluding carboxylic acids is 1. The van der Waals surface area contributed by atoms with Gasteiger partial charge in [-0.3, -0.25) is 9.69 Å². The van der Waals surface area contributed by atoms with Crippen molar-refractivity contribution in [2.75, 3.05) is 26.7 Å². The Bertz CT molecular complexity index is 773. The number of rotatable bonds is 6. The normalized spacial score (nSPS) is 24.6. The van der Waals surface area contributed by atoms with E-state index in [1.807, 2.05) is 24.3 Å². The molecule has 1 heterocycles. The van der Waals surface area contributed by atoms with Crippen LogP contribution in [0, 0.1) is 11.8 Å². The second-order valence-corrected chi connectivity index (χ2v) is 7.57. The number of nitrogens with zero attached hydrogens (tertiary/aromatic N) is 1. The molecule has 1 aliphatic heterocycles. The van der Waals surface area contributed by atoms with Crippen LogP contribution in [0.15, 0.2) is 48.5 Å². The number of phenolic OH excluding ortho intramolecular Hbond substituents is 1. The van der Waals surface area contributed by atoms with Gasteiger partial charge in [-0.2, -0.15) is 0 Å². The Labute approximate surface area is 159 Å². The Kier molecular flexibility index (Phi) is 5.03. The van der Waals surface area contributed by atoms with Crippen molar-refractivity contribution in [3.8, 4) is 17.2 Å². The van der Waals surface area contributed by atoms with E-state index >= 15 is 0 Å². The molecule has 1 N–H and O–H groups in total. The first-order chi connectivity index (χ1) is 13.1. The maximum absolute atomic E-state index is 12.4. The molecule has 3 atom stereocenters. The number of aromatic hydroxyl groups is 1. The molecule has 2 fully saturated rings. The van der Waals surface area contributed by atoms with Gasteiger partial charge in [0.1, 0.15) is 17.2 Å². The SMILES string of the molecule is COc1ccc(OC2C[C@@H]3CN(CC(=O)c4ccc(O)cc4)C[C@@H]3C2)cc1. The molecule has 0 amide bonds. The van der Waals surface area contributed by atoms with Crippen LogP contribution in [0.1, 0.15) is 23.2 Å². The lowest BCUT2D eigenvalue weighted by Gasteiger charge is -2.19. The Balaban J connectivity index is 1.27. The largest absolute Gasteiger partial charge is 0.508 e. The predicted octanol–water partition coefficient (Wildman–Crippen LogP) is 3.37. The summed E-state index contributed by atoms with van der Waals surface area (Å²) in [5.41, 5.74) is 0.658. The van der Waals surface area contributed by atoms with E-state index in [-0.39, 0.29) is 17.6 Å². The van der Waals surface area contributed by atoms with Crippen LogP contribution in [0.4, 0.5) is 0 Å². The van der Waals surface area contributed by atoms with Crippen LogP contribution >= 0.6 is 0 Å². The maximum Gasteiger partial charge on any atom is 0.176 e. The lowest BCUT2D eigenvalue weighted by atomic mass is 10.0. The van der Waals surface area contributed by atoms with Crippen LogP contribution in [-0.2, 0) is 0 Å². The first kappa shape index (κ1) is 17.9. The first-order valence-electron chi connectivity index (χ1n) is 9.46. The molecule has 2 aliphatic rings. The van der Waals surface area contributed by atoms with E-state index in [1.165, 1.54) is 0 Å². The van der Waals surface area contributed by atoms with Crippen molar-refractivity contribution >= 4 is 5.78 Å². The number of Topliss-reactive ketones (excluding diaryl/α,β-unsaturated/α-hetero) is 1. The topological polar surface area (TPSA) is 59.0 Å². The van der Waals surface area contributed by atoms with Crippen LogP contribution in [0.5, 0.6) is 17.2 Å². The maximum atomic E-state index is 12.4. The monoisotopic (exact) mass is 367 g/mol. The van der Waals surface area contributed by atoms with E-state index in [0.717, 1.165) is 37.4 Å². The lowest BCUT2D eigenvalue weighted by Crippen LogP contribution is -2.30. The zero-order valence-corrected chi connectivity index (χ0v) is 15.5. The molecule has 4 rings (SSSR count). The average Bonchev–Trinajstić information content (AvgIpc) is 3.20. The van der Waals surface area contributed by atoms with Crippen molar-refractivity contribution in [1.29, 1.82) is 0 Å². The minimum absolute atomic E-state index is 0.112. The number of likely N-dealkylation sites (tertiary alicyclic amines) is 1. The Hall–Kier alpha value is -2.53. The van der Waals surface area contributed by atoms with Gasteiger partial charge in [0.15, 0.2) is 5.78 Å². The summed E-state index contributed by atoms with van der Waals surface area (Å²) in [6.45, 7) is 2.36. The molecule has 2 aromatic rings. The summed E-state index contributed by atoms with van der Waals surface area (Å²) in [6, 6.07) is 14.2. The van der Waals surface area contributed by atoms with Crippen LogP contribution in [0.25, 0.3) is 0 Å². The van der Waals surface area contributed by atoms with E-state index in [2.05, 4.69) is 4.90 Å². The number of phenols is 1. The number of hydrogen-bond acceptors (Lipinski definition) is 5. The van der Waals surface area contributed by atoms with Gasteiger partial charge in [-0.25, -0.2) is 0 Å². The molecule has 5 heteroatoms. The summed E-state index contributed by atoms with van der Waals surface area (Å²) in [6.07, 6.45) is 2.34. The molecule has 1 unspecified atom stereocenters. The molecule has 0 radical (unpaired) electrons. The lowest BCUT2D eigenvalue weighted by molar-refractivity contribution is 0.0936. The van der Waals surface area contributed by atoms with Crippen molar-refractivity contribution in [2.45, 2.75) is 18.9 Å². The van der Waals surface area contributed by atoms with E-state index in [1.54, 1.807) is 31.4 Å². The highest BCUT2D eigenvalue weighted by molar-refractivity contribution is 5.97. The summed E-state index contributed by atoms with van der Waals surface area (Å²) in [4.78, 5) is 14.7. The fourth-order valence-electron chi connectivity index (χ4n) is 4.36. The van der Waals surface area contributed by atoms with Crippen molar-refractivity contribution in [2.24, 2.45) is 11.8 Å². The standard InChI is InChI=1S/C22H25NO4/c1-26-19-6-8-20(9-7-19)27-21-10-16-12-23(13-17(16)11-21)14-22(25)15-2-4-18(24)5-3-15/h2-9,16-17,21,24H,10-14H2,1H3/t16-,17+,21?. The van der Waals surface area contributed by atoms with Gasteiger partial charge < -0.3 is 14.6 Å². The molecule has 27 heavy (non-hydrogen) atoms. The molecule has 0 aromatic heterocycles. The average molecular weight is 367 g/mol. The minimum Gasteiger partial charge on any atom is -0.508 e. The van der Waals surface area contributed by atoms with E-state index in [4.69, 9.17) is 9.47 Å². The number of benzene rings is 2. The van der Waals surface area contributed by atoms with Crippen LogP contribution < -0.4 is 9.47 Å². The second kappa shape index (κ2) is 7.61. The number of ether oxygens (including phenoxy) is 2. The van der Waals surface area contributed by atoms with Gasteiger partial charge in [-0.1, -0.05) is 0 Å². The van der Waals surface area contributed by atoms with Gasteiger partial charge in [0.2, 0.25) is 0 Å². The highest BCUT2D eigenvalue weighted by atomic mass is 16.5. The van der Waals surface area contributed by atoms with Crippen LogP contribution in [0.3, 0.4) is 0 Å². The predicted molar refractivity (Wildman–Crippen MR) is 103 cm³/mol. The summed E-state index contributed by atoms with van der Waals surface area (Å²) in [5.74, 6) is 3.22. The third-order valence-electron chi connectivity index (χ3n) is 5.70. The molecule has 2 aromatic carbocycles. The molecule has 0 spiro atoms. The number of hydrogen-bond donors (Lipinski definition) is 1. The molecule has 5 nitrogen and oxygen atoms in total. The molecule has 0 bridgehead atoms. The summed E-state index contributed by atoms with van der Waals surface area (Å²) >= 11 is 0. The Morgan fingerprint density at radius 2 is 1.59 bits per heavy atom. The van der Waals surface area contributed by atoms with Gasteiger partial charge in [0.05, 0.1) is 19.8 Å². The highest BCUT2D eigenvalue weighted by Gasteiger charge is 2.42. The smallest absolute Gasteiger partial charge is 0.176 e. The molecular formula is C22H25NO4. The van der Waals surface area contributed by atoms with Gasteiger partial charge in [-0.15, -0.1) is 0 Å². The molecule has 1 aliphatic carbocycles. The molecule has 142 valence electrons. The molecule has 1 saturated carbocycles. The van der Waals surface area contributed by atoms with Crippen molar-refractivity contribution in [3.05, 3.63) is 54.1 Å². The fourth-order valence-corrected chi connectivity index (χ4v) is 4.36. The van der Waals surface area contributed by atoms with Gasteiger partial charge in [-0.05, 0) is 73.2 Å². The first-order valence-corrected chi connectivity index (χ1v) is 9.46.